The van der Waals surface area contributed by atoms with Crippen molar-refractivity contribution in [2.24, 2.45) is 5.92 Å². The predicted octanol–water partition coefficient (Wildman–Crippen LogP) is 2.46. The van der Waals surface area contributed by atoms with E-state index >= 15 is 0 Å². The van der Waals surface area contributed by atoms with Gasteiger partial charge in [-0.05, 0) is 43.2 Å². The number of piperidine rings is 1. The summed E-state index contributed by atoms with van der Waals surface area (Å²) in [6.45, 7) is 1.26. The highest BCUT2D eigenvalue weighted by molar-refractivity contribution is 5.71. The Balaban J connectivity index is 1.84. The summed E-state index contributed by atoms with van der Waals surface area (Å²) in [5, 5.41) is 17.8. The van der Waals surface area contributed by atoms with E-state index in [9.17, 15) is 9.90 Å². The van der Waals surface area contributed by atoms with Crippen LogP contribution in [0.3, 0.4) is 0 Å². The normalized spacial score (nSPS) is 17.2. The van der Waals surface area contributed by atoms with E-state index < -0.39 is 5.97 Å². The van der Waals surface area contributed by atoms with Gasteiger partial charge in [-0.2, -0.15) is 0 Å². The number of rotatable bonds is 5. The Bertz CT molecular complexity index is 748. The van der Waals surface area contributed by atoms with Crippen LogP contribution in [0.1, 0.15) is 12.8 Å². The summed E-state index contributed by atoms with van der Waals surface area (Å²) in [5.41, 5.74) is 1.47. The Hall–Kier alpha value is -2.83. The molecular weight excluding hydrogens is 322 g/mol. The third kappa shape index (κ3) is 3.65. The number of methoxy groups -OCH3 is 2. The zero-order valence-electron chi connectivity index (χ0n) is 14.3. The zero-order valence-corrected chi connectivity index (χ0v) is 14.3. The molecule has 7 nitrogen and oxygen atoms in total. The lowest BCUT2D eigenvalue weighted by Crippen LogP contribution is -2.39. The van der Waals surface area contributed by atoms with Crippen LogP contribution in [0.4, 0.5) is 5.82 Å². The minimum absolute atomic E-state index is 0.353. The van der Waals surface area contributed by atoms with Gasteiger partial charge >= 0.3 is 5.97 Å². The van der Waals surface area contributed by atoms with Crippen LogP contribution in [-0.4, -0.2) is 48.6 Å². The molecule has 0 radical (unpaired) electrons. The fourth-order valence-electron chi connectivity index (χ4n) is 3.04. The van der Waals surface area contributed by atoms with Gasteiger partial charge in [0.2, 0.25) is 0 Å². The fourth-order valence-corrected chi connectivity index (χ4v) is 3.04. The monoisotopic (exact) mass is 343 g/mol. The second-order valence-electron chi connectivity index (χ2n) is 5.97. The maximum atomic E-state index is 11.2. The summed E-state index contributed by atoms with van der Waals surface area (Å²) < 4.78 is 10.6. The van der Waals surface area contributed by atoms with Gasteiger partial charge in [0.1, 0.15) is 11.5 Å². The first-order chi connectivity index (χ1) is 12.1. The van der Waals surface area contributed by atoms with Crippen LogP contribution in [0, 0.1) is 5.92 Å². The number of carbonyl (C=O) groups is 1. The Morgan fingerprint density at radius 1 is 1.20 bits per heavy atom. The SMILES string of the molecule is COc1ccc(OC)c(-c2ccc(N3CCCC(C(=O)O)C3)nn2)c1. The predicted molar refractivity (Wildman–Crippen MR) is 93.1 cm³/mol. The summed E-state index contributed by atoms with van der Waals surface area (Å²) in [5.74, 6) is 0.981. The Morgan fingerprint density at radius 3 is 2.68 bits per heavy atom. The van der Waals surface area contributed by atoms with Crippen molar-refractivity contribution < 1.29 is 19.4 Å². The standard InChI is InChI=1S/C18H21N3O4/c1-24-13-5-7-16(25-2)14(10-13)15-6-8-17(20-19-15)21-9-3-4-12(11-21)18(22)23/h5-8,10,12H,3-4,9,11H2,1-2H3,(H,22,23). The molecule has 25 heavy (non-hydrogen) atoms. The van der Waals surface area contributed by atoms with Crippen LogP contribution in [0.25, 0.3) is 11.3 Å². The molecule has 1 aromatic heterocycles. The van der Waals surface area contributed by atoms with Crippen molar-refractivity contribution in [1.29, 1.82) is 0 Å². The molecular formula is C18H21N3O4. The minimum atomic E-state index is -0.754. The molecule has 0 bridgehead atoms. The number of hydrogen-bond donors (Lipinski definition) is 1. The van der Waals surface area contributed by atoms with Crippen LogP contribution in [0.15, 0.2) is 30.3 Å². The smallest absolute Gasteiger partial charge is 0.308 e. The fraction of sp³-hybridized carbons (Fsp3) is 0.389. The quantitative estimate of drug-likeness (QED) is 0.892. The van der Waals surface area contributed by atoms with Crippen molar-refractivity contribution in [3.63, 3.8) is 0 Å². The third-order valence-electron chi connectivity index (χ3n) is 4.43. The number of nitrogens with zero attached hydrogens (tertiary/aromatic N) is 3. The topological polar surface area (TPSA) is 84.8 Å². The Morgan fingerprint density at radius 2 is 2.04 bits per heavy atom. The molecule has 1 aromatic carbocycles. The zero-order chi connectivity index (χ0) is 17.8. The highest BCUT2D eigenvalue weighted by Gasteiger charge is 2.26. The molecule has 2 heterocycles. The molecule has 1 saturated heterocycles. The molecule has 1 aliphatic heterocycles. The van der Waals surface area contributed by atoms with Crippen LogP contribution >= 0.6 is 0 Å². The molecule has 0 saturated carbocycles. The molecule has 1 unspecified atom stereocenters. The molecule has 0 aliphatic carbocycles. The second-order valence-corrected chi connectivity index (χ2v) is 5.97. The average molecular weight is 343 g/mol. The van der Waals surface area contributed by atoms with Gasteiger partial charge in [0.15, 0.2) is 5.82 Å². The van der Waals surface area contributed by atoms with Gasteiger partial charge in [0.25, 0.3) is 0 Å². The van der Waals surface area contributed by atoms with Gasteiger partial charge < -0.3 is 19.5 Å². The van der Waals surface area contributed by atoms with Crippen molar-refractivity contribution in [2.75, 3.05) is 32.2 Å². The molecule has 3 rings (SSSR count). The molecule has 1 fully saturated rings. The van der Waals surface area contributed by atoms with Gasteiger partial charge in [-0.1, -0.05) is 0 Å². The summed E-state index contributed by atoms with van der Waals surface area (Å²) >= 11 is 0. The van der Waals surface area contributed by atoms with Crippen LogP contribution in [0.5, 0.6) is 11.5 Å². The maximum absolute atomic E-state index is 11.2. The first-order valence-corrected chi connectivity index (χ1v) is 8.16. The lowest BCUT2D eigenvalue weighted by molar-refractivity contribution is -0.141. The molecule has 0 amide bonds. The molecule has 1 N–H and O–H groups in total. The second kappa shape index (κ2) is 7.38. The summed E-state index contributed by atoms with van der Waals surface area (Å²) in [6, 6.07) is 9.23. The molecule has 132 valence electrons. The van der Waals surface area contributed by atoms with E-state index in [2.05, 4.69) is 10.2 Å². The number of aliphatic carboxylic acids is 1. The van der Waals surface area contributed by atoms with Crippen LogP contribution < -0.4 is 14.4 Å². The van der Waals surface area contributed by atoms with Crippen molar-refractivity contribution in [2.45, 2.75) is 12.8 Å². The van der Waals surface area contributed by atoms with Crippen molar-refractivity contribution in [3.8, 4) is 22.8 Å². The molecule has 1 aliphatic rings. The number of aromatic nitrogens is 2. The third-order valence-corrected chi connectivity index (χ3v) is 4.43. The highest BCUT2D eigenvalue weighted by atomic mass is 16.5. The first kappa shape index (κ1) is 17.0. The number of carboxylic acids is 1. The minimum Gasteiger partial charge on any atom is -0.497 e. The van der Waals surface area contributed by atoms with E-state index in [1.807, 2.05) is 35.2 Å². The number of ether oxygens (including phenoxy) is 2. The molecule has 7 heteroatoms. The number of hydrogen-bond acceptors (Lipinski definition) is 6. The number of benzene rings is 1. The molecule has 2 aromatic rings. The van der Waals surface area contributed by atoms with E-state index in [0.717, 1.165) is 18.5 Å². The van der Waals surface area contributed by atoms with Gasteiger partial charge in [-0.3, -0.25) is 4.79 Å². The van der Waals surface area contributed by atoms with Gasteiger partial charge in [0.05, 0.1) is 25.8 Å². The summed E-state index contributed by atoms with van der Waals surface area (Å²) in [4.78, 5) is 13.2. The van der Waals surface area contributed by atoms with Crippen molar-refractivity contribution >= 4 is 11.8 Å². The van der Waals surface area contributed by atoms with E-state index in [-0.39, 0.29) is 5.92 Å². The molecule has 0 spiro atoms. The largest absolute Gasteiger partial charge is 0.497 e. The summed E-state index contributed by atoms with van der Waals surface area (Å²) in [6.07, 6.45) is 1.54. The Kier molecular flexibility index (Phi) is 5.02. The molecule has 1 atom stereocenters. The number of anilines is 1. The lowest BCUT2D eigenvalue weighted by Gasteiger charge is -2.31. The van der Waals surface area contributed by atoms with Crippen LogP contribution in [0.2, 0.25) is 0 Å². The average Bonchev–Trinajstić information content (AvgIpc) is 2.67. The highest BCUT2D eigenvalue weighted by Crippen LogP contribution is 2.32. The van der Waals surface area contributed by atoms with E-state index in [1.54, 1.807) is 14.2 Å². The Labute approximate surface area is 146 Å². The van der Waals surface area contributed by atoms with Crippen LogP contribution in [-0.2, 0) is 4.79 Å². The summed E-state index contributed by atoms with van der Waals surface area (Å²) in [7, 11) is 3.21. The van der Waals surface area contributed by atoms with E-state index in [1.165, 1.54) is 0 Å². The van der Waals surface area contributed by atoms with E-state index in [0.29, 0.717) is 36.0 Å². The first-order valence-electron chi connectivity index (χ1n) is 8.16. The van der Waals surface area contributed by atoms with Gasteiger partial charge in [0, 0.05) is 18.7 Å². The number of carboxylic acid groups (broad SMARTS) is 1. The van der Waals surface area contributed by atoms with Crippen molar-refractivity contribution in [1.82, 2.24) is 10.2 Å². The van der Waals surface area contributed by atoms with E-state index in [4.69, 9.17) is 9.47 Å². The lowest BCUT2D eigenvalue weighted by atomic mass is 9.98. The van der Waals surface area contributed by atoms with Gasteiger partial charge in [-0.15, -0.1) is 10.2 Å². The maximum Gasteiger partial charge on any atom is 0.308 e. The van der Waals surface area contributed by atoms with Gasteiger partial charge in [-0.25, -0.2) is 0 Å². The van der Waals surface area contributed by atoms with Crippen molar-refractivity contribution in [3.05, 3.63) is 30.3 Å².